The Hall–Kier alpha value is -1.63. The zero-order valence-electron chi connectivity index (χ0n) is 11.9. The van der Waals surface area contributed by atoms with Crippen LogP contribution in [0.1, 0.15) is 40.0 Å². The molecule has 2 amide bonds. The second-order valence-electron chi connectivity index (χ2n) is 4.19. The van der Waals surface area contributed by atoms with Crippen LogP contribution in [-0.2, 0) is 14.4 Å². The molecule has 4 N–H and O–H groups in total. The highest BCUT2D eigenvalue weighted by Crippen LogP contribution is 2.05. The fourth-order valence-corrected chi connectivity index (χ4v) is 1.43. The lowest BCUT2D eigenvalue weighted by Crippen LogP contribution is -2.44. The van der Waals surface area contributed by atoms with Crippen LogP contribution >= 0.6 is 0 Å². The van der Waals surface area contributed by atoms with E-state index in [0.717, 1.165) is 19.3 Å². The monoisotopic (exact) mass is 296 g/mol. The van der Waals surface area contributed by atoms with Crippen molar-refractivity contribution >= 4 is 18.3 Å². The quantitative estimate of drug-likeness (QED) is 0.342. The third-order valence-electron chi connectivity index (χ3n) is 2.40. The highest BCUT2D eigenvalue weighted by Gasteiger charge is 2.19. The number of carboxylic acids is 1. The van der Waals surface area contributed by atoms with E-state index in [1.54, 1.807) is 0 Å². The molecule has 0 aromatic carbocycles. The molecule has 0 saturated heterocycles. The molecule has 7 nitrogen and oxygen atoms in total. The summed E-state index contributed by atoms with van der Waals surface area (Å²) in [5, 5.41) is 11.1. The average Bonchev–Trinajstić information content (AvgIpc) is 2.29. The molecular weight excluding hydrogens is 267 g/mol. The van der Waals surface area contributed by atoms with Crippen LogP contribution in [0.25, 0.3) is 0 Å². The summed E-state index contributed by atoms with van der Waals surface area (Å²) in [5.41, 5.74) is 4.17. The van der Waals surface area contributed by atoms with Gasteiger partial charge in [0.1, 0.15) is 0 Å². The number of nitrogens with zero attached hydrogens (tertiary/aromatic N) is 1. The van der Waals surface area contributed by atoms with Crippen molar-refractivity contribution in [2.45, 2.75) is 46.1 Å². The molecule has 20 heavy (non-hydrogen) atoms. The summed E-state index contributed by atoms with van der Waals surface area (Å²) in [7, 11) is 3.72. The first-order chi connectivity index (χ1) is 8.90. The molecule has 0 fully saturated rings. The number of hydrogen-bond donors (Lipinski definition) is 3. The summed E-state index contributed by atoms with van der Waals surface area (Å²) in [6.45, 7) is 2.28. The summed E-state index contributed by atoms with van der Waals surface area (Å²) in [4.78, 5) is 32.5. The number of carboxylic acid groups (broad SMARTS) is 1. The minimum atomic E-state index is -0.893. The van der Waals surface area contributed by atoms with Crippen molar-refractivity contribution in [1.82, 2.24) is 10.2 Å². The predicted molar refractivity (Wildman–Crippen MR) is 79.2 cm³/mol. The number of nitrogens with one attached hydrogen (secondary N) is 1. The molecule has 0 aromatic heterocycles. The average molecular weight is 296 g/mol. The molecule has 0 bridgehead atoms. The molecule has 0 spiro atoms. The number of aliphatic carboxylic acids is 1. The lowest BCUT2D eigenvalue weighted by atomic mass is 10.1. The molecule has 0 radical (unpaired) electrons. The van der Waals surface area contributed by atoms with Crippen molar-refractivity contribution in [1.29, 1.82) is 0 Å². The van der Waals surface area contributed by atoms with Crippen molar-refractivity contribution in [2.75, 3.05) is 20.6 Å². The van der Waals surface area contributed by atoms with Crippen LogP contribution in [0.15, 0.2) is 0 Å². The predicted octanol–water partition coefficient (Wildman–Crippen LogP) is 0.435. The first-order valence-electron chi connectivity index (χ1n) is 6.21. The standard InChI is InChI=1S/C11H22N2O3.CH3NO.CH4/c1-4-5-6-9(13(2)3)11(16)12-8-7-10(14)15;2-1-3;/h9H,4-8H2,1-3H3,(H,12,16)(H,14,15);1H,(H2,2,3);1H4/i1+1,8+1,13+1;2*1+1. The van der Waals surface area contributed by atoms with E-state index in [4.69, 9.17) is 9.90 Å². The van der Waals surface area contributed by atoms with Gasteiger partial charge in [0.25, 0.3) is 0 Å². The summed E-state index contributed by atoms with van der Waals surface area (Å²) >= 11 is 0. The van der Waals surface area contributed by atoms with Crippen molar-refractivity contribution in [3.05, 3.63) is 0 Å². The van der Waals surface area contributed by atoms with Gasteiger partial charge in [0, 0.05) is 6.54 Å². The Labute approximate surface area is 121 Å². The smallest absolute Gasteiger partial charge is 0.305 e. The van der Waals surface area contributed by atoms with E-state index in [2.05, 4.69) is 18.0 Å². The van der Waals surface area contributed by atoms with Crippen molar-refractivity contribution < 1.29 is 19.5 Å². The topological polar surface area (TPSA) is 113 Å². The fraction of sp³-hybridized carbons (Fsp3) is 0.769. The van der Waals surface area contributed by atoms with E-state index in [0.29, 0.717) is 0 Å². The van der Waals surface area contributed by atoms with E-state index >= 15 is 0 Å². The van der Waals surface area contributed by atoms with Crippen LogP contribution < -0.4 is 11.1 Å². The van der Waals surface area contributed by atoms with Gasteiger partial charge in [-0.1, -0.05) is 27.2 Å². The molecule has 0 saturated carbocycles. The molecule has 0 rings (SSSR count). The number of carbonyl (C=O) groups excluding carboxylic acids is 2. The van der Waals surface area contributed by atoms with E-state index in [1.165, 1.54) is 0 Å². The van der Waals surface area contributed by atoms with Gasteiger partial charge in [-0.05, 0) is 20.5 Å². The molecule has 0 aliphatic carbocycles. The maximum absolute atomic E-state index is 11.7. The largest absolute Gasteiger partial charge is 0.481 e. The second kappa shape index (κ2) is 15.4. The van der Waals surface area contributed by atoms with Gasteiger partial charge >= 0.3 is 5.97 Å². The van der Waals surface area contributed by atoms with Gasteiger partial charge in [-0.25, -0.2) is 0 Å². The van der Waals surface area contributed by atoms with Crippen LogP contribution in [-0.4, -0.2) is 55.0 Å². The van der Waals surface area contributed by atoms with Gasteiger partial charge < -0.3 is 16.2 Å². The third-order valence-corrected chi connectivity index (χ3v) is 2.40. The Balaban J connectivity index is -0.000000657. The fourth-order valence-electron chi connectivity index (χ4n) is 1.43. The van der Waals surface area contributed by atoms with Crippen molar-refractivity contribution in [2.24, 2.45) is 5.73 Å². The third kappa shape index (κ3) is 14.4. The zero-order chi connectivity index (χ0) is 15.3. The lowest BCUT2D eigenvalue weighted by molar-refractivity contribution is -0.137. The Morgan fingerprint density at radius 3 is 2.25 bits per heavy atom. The SMILES string of the molecule is C[15N](C)C(CCC[13CH3])C(=O)N[13CH2]CC(=O)O.N[13CH]=O.[13CH4]. The number of carbonyl (C=O) groups is 3. The Bertz CT molecular complexity index is 270. The highest BCUT2D eigenvalue weighted by molar-refractivity contribution is 5.82. The minimum absolute atomic E-state index is 0. The molecule has 120 valence electrons. The lowest BCUT2D eigenvalue weighted by Gasteiger charge is -2.23. The number of amides is 2. The van der Waals surface area contributed by atoms with E-state index in [1.807, 2.05) is 19.0 Å². The minimum Gasteiger partial charge on any atom is -0.481 e. The molecule has 1 unspecified atom stereocenters. The Morgan fingerprint density at radius 2 is 1.90 bits per heavy atom. The molecular formula is C13H29N3O4. The molecule has 0 aromatic rings. The van der Waals surface area contributed by atoms with Crippen LogP contribution in [0.5, 0.6) is 0 Å². The molecule has 0 aliphatic heterocycles. The molecule has 0 aliphatic rings. The maximum Gasteiger partial charge on any atom is 0.305 e. The van der Waals surface area contributed by atoms with Crippen LogP contribution in [0, 0.1) is 0 Å². The first kappa shape index (κ1) is 23.5. The van der Waals surface area contributed by atoms with Crippen LogP contribution in [0.2, 0.25) is 0 Å². The normalized spacial score (nSPS) is 10.6. The van der Waals surface area contributed by atoms with Gasteiger partial charge in [0.05, 0.1) is 12.5 Å². The number of unbranched alkanes of at least 4 members (excludes halogenated alkanes) is 1. The summed E-state index contributed by atoms with van der Waals surface area (Å²) in [6, 6.07) is -0.159. The van der Waals surface area contributed by atoms with E-state index in [9.17, 15) is 9.59 Å². The van der Waals surface area contributed by atoms with Gasteiger partial charge in [0.2, 0.25) is 12.3 Å². The number of nitrogens with two attached hydrogens (primary N) is 1. The van der Waals surface area contributed by atoms with Gasteiger partial charge in [0.15, 0.2) is 0 Å². The molecule has 1 atom stereocenters. The highest BCUT2D eigenvalue weighted by atomic mass is 16.4. The van der Waals surface area contributed by atoms with Gasteiger partial charge in [-0.15, -0.1) is 0 Å². The zero-order valence-corrected chi connectivity index (χ0v) is 11.9. The van der Waals surface area contributed by atoms with Gasteiger partial charge in [-0.3, -0.25) is 19.3 Å². The van der Waals surface area contributed by atoms with Crippen molar-refractivity contribution in [3.63, 3.8) is 0 Å². The summed E-state index contributed by atoms with van der Waals surface area (Å²) in [6.07, 6.45) is 3.07. The van der Waals surface area contributed by atoms with E-state index in [-0.39, 0.29) is 38.8 Å². The first-order valence-corrected chi connectivity index (χ1v) is 6.21. The Kier molecular flexibility index (Phi) is 18.1. The number of likely N-dealkylation sites (N-methyl/N-ethyl adjacent to an activating group) is 1. The van der Waals surface area contributed by atoms with E-state index < -0.39 is 5.97 Å². The Morgan fingerprint density at radius 1 is 1.40 bits per heavy atom. The summed E-state index contributed by atoms with van der Waals surface area (Å²) < 4.78 is 0. The second-order valence-corrected chi connectivity index (χ2v) is 4.19. The number of primary amides is 1. The van der Waals surface area contributed by atoms with Crippen LogP contribution in [0.3, 0.4) is 0 Å². The van der Waals surface area contributed by atoms with Crippen LogP contribution in [0.4, 0.5) is 0 Å². The number of hydrogen-bond acceptors (Lipinski definition) is 4. The van der Waals surface area contributed by atoms with Gasteiger partial charge in [-0.2, -0.15) is 0 Å². The summed E-state index contributed by atoms with van der Waals surface area (Å²) in [5.74, 6) is -0.977. The van der Waals surface area contributed by atoms with Crippen molar-refractivity contribution in [3.8, 4) is 0 Å². The molecule has 0 heterocycles. The molecule has 7 heteroatoms. The maximum atomic E-state index is 11.7. The number of rotatable bonds is 8.